The molecule has 2 aromatic rings. The normalized spacial score (nSPS) is 11.6. The molecule has 2 rings (SSSR count). The van der Waals surface area contributed by atoms with E-state index in [0.29, 0.717) is 11.3 Å². The molecule has 0 spiro atoms. The Bertz CT molecular complexity index is 576. The topological polar surface area (TPSA) is 33.1 Å². The molecular formula is C14H12F3NO. The van der Waals surface area contributed by atoms with Gasteiger partial charge in [0.1, 0.15) is 0 Å². The lowest BCUT2D eigenvalue weighted by Gasteiger charge is -2.10. The van der Waals surface area contributed by atoms with E-state index in [1.165, 1.54) is 0 Å². The summed E-state index contributed by atoms with van der Waals surface area (Å²) >= 11 is 0. The maximum atomic E-state index is 12.5. The zero-order valence-electron chi connectivity index (χ0n) is 10.2. The molecule has 0 fully saturated rings. The van der Waals surface area contributed by atoms with E-state index in [2.05, 4.69) is 4.98 Å². The van der Waals surface area contributed by atoms with Gasteiger partial charge in [0.25, 0.3) is 0 Å². The second-order valence-electron chi connectivity index (χ2n) is 4.24. The van der Waals surface area contributed by atoms with Gasteiger partial charge in [-0.25, -0.2) is 0 Å². The van der Waals surface area contributed by atoms with E-state index in [0.717, 1.165) is 23.4 Å². The summed E-state index contributed by atoms with van der Waals surface area (Å²) in [6, 6.07) is 7.98. The van der Waals surface area contributed by atoms with Crippen molar-refractivity contribution in [3.8, 4) is 11.3 Å². The highest BCUT2D eigenvalue weighted by molar-refractivity contribution is 5.63. The number of rotatable bonds is 2. The zero-order valence-corrected chi connectivity index (χ0v) is 10.2. The van der Waals surface area contributed by atoms with Crippen molar-refractivity contribution in [3.05, 3.63) is 53.2 Å². The fourth-order valence-electron chi connectivity index (χ4n) is 1.80. The van der Waals surface area contributed by atoms with Gasteiger partial charge in [0.2, 0.25) is 0 Å². The summed E-state index contributed by atoms with van der Waals surface area (Å²) in [5, 5.41) is 8.94. The molecule has 1 aromatic heterocycles. The second kappa shape index (κ2) is 5.01. The molecule has 1 aromatic carbocycles. The molecule has 0 aliphatic carbocycles. The third-order valence-corrected chi connectivity index (χ3v) is 2.82. The van der Waals surface area contributed by atoms with Gasteiger partial charge in [-0.15, -0.1) is 0 Å². The molecule has 0 atom stereocenters. The molecule has 100 valence electrons. The van der Waals surface area contributed by atoms with Crippen molar-refractivity contribution in [1.82, 2.24) is 4.98 Å². The minimum absolute atomic E-state index is 0.0697. The molecule has 0 saturated heterocycles. The van der Waals surface area contributed by atoms with Gasteiger partial charge < -0.3 is 5.11 Å². The number of alkyl halides is 3. The quantitative estimate of drug-likeness (QED) is 0.902. The van der Waals surface area contributed by atoms with Gasteiger partial charge in [-0.1, -0.05) is 24.3 Å². The van der Waals surface area contributed by atoms with Crippen LogP contribution in [0.25, 0.3) is 11.3 Å². The first-order valence-corrected chi connectivity index (χ1v) is 5.66. The first-order valence-electron chi connectivity index (χ1n) is 5.66. The Labute approximate surface area is 108 Å². The van der Waals surface area contributed by atoms with E-state index in [1.807, 2.05) is 0 Å². The van der Waals surface area contributed by atoms with Crippen molar-refractivity contribution in [2.24, 2.45) is 0 Å². The molecule has 0 aliphatic rings. The van der Waals surface area contributed by atoms with E-state index in [-0.39, 0.29) is 6.61 Å². The lowest BCUT2D eigenvalue weighted by Crippen LogP contribution is -2.06. The second-order valence-corrected chi connectivity index (χ2v) is 4.24. The highest BCUT2D eigenvalue weighted by Crippen LogP contribution is 2.31. The standard InChI is InChI=1S/C14H12F3NO/c1-9-6-12(14(15,16)17)7-18-13(9)11-4-2-10(8-19)3-5-11/h2-7,19H,8H2,1H3. The van der Waals surface area contributed by atoms with E-state index in [1.54, 1.807) is 31.2 Å². The van der Waals surface area contributed by atoms with Gasteiger partial charge in [0.15, 0.2) is 0 Å². The highest BCUT2D eigenvalue weighted by Gasteiger charge is 2.31. The maximum absolute atomic E-state index is 12.5. The number of aromatic nitrogens is 1. The van der Waals surface area contributed by atoms with Crippen LogP contribution in [0.3, 0.4) is 0 Å². The van der Waals surface area contributed by atoms with E-state index < -0.39 is 11.7 Å². The van der Waals surface area contributed by atoms with Crippen molar-refractivity contribution >= 4 is 0 Å². The fraction of sp³-hybridized carbons (Fsp3) is 0.214. The van der Waals surface area contributed by atoms with Crippen LogP contribution in [0.4, 0.5) is 13.2 Å². The van der Waals surface area contributed by atoms with Gasteiger partial charge in [-0.05, 0) is 24.1 Å². The summed E-state index contributed by atoms with van der Waals surface area (Å²) in [6.07, 6.45) is -3.54. The van der Waals surface area contributed by atoms with Crippen molar-refractivity contribution in [1.29, 1.82) is 0 Å². The van der Waals surface area contributed by atoms with Crippen molar-refractivity contribution in [2.75, 3.05) is 0 Å². The number of hydrogen-bond donors (Lipinski definition) is 1. The Morgan fingerprint density at radius 3 is 2.26 bits per heavy atom. The predicted octanol–water partition coefficient (Wildman–Crippen LogP) is 3.57. The Hall–Kier alpha value is -1.88. The van der Waals surface area contributed by atoms with Crippen LogP contribution < -0.4 is 0 Å². The smallest absolute Gasteiger partial charge is 0.392 e. The van der Waals surface area contributed by atoms with Crippen LogP contribution in [0, 0.1) is 6.92 Å². The molecular weight excluding hydrogens is 255 g/mol. The number of pyridine rings is 1. The Morgan fingerprint density at radius 1 is 1.16 bits per heavy atom. The van der Waals surface area contributed by atoms with Crippen LogP contribution >= 0.6 is 0 Å². The molecule has 0 radical (unpaired) electrons. The minimum Gasteiger partial charge on any atom is -0.392 e. The Balaban J connectivity index is 2.40. The third-order valence-electron chi connectivity index (χ3n) is 2.82. The average Bonchev–Trinajstić information content (AvgIpc) is 2.38. The summed E-state index contributed by atoms with van der Waals surface area (Å²) in [6.45, 7) is 1.53. The number of aryl methyl sites for hydroxylation is 1. The minimum atomic E-state index is -4.38. The molecule has 0 saturated carbocycles. The molecule has 2 nitrogen and oxygen atoms in total. The fourth-order valence-corrected chi connectivity index (χ4v) is 1.80. The van der Waals surface area contributed by atoms with Gasteiger partial charge in [-0.3, -0.25) is 4.98 Å². The van der Waals surface area contributed by atoms with Gasteiger partial charge in [0, 0.05) is 11.8 Å². The van der Waals surface area contributed by atoms with Crippen LogP contribution in [0.5, 0.6) is 0 Å². The third kappa shape index (κ3) is 2.93. The molecule has 1 N–H and O–H groups in total. The highest BCUT2D eigenvalue weighted by atomic mass is 19.4. The SMILES string of the molecule is Cc1cc(C(F)(F)F)cnc1-c1ccc(CO)cc1. The summed E-state index contributed by atoms with van der Waals surface area (Å²) < 4.78 is 37.6. The first-order chi connectivity index (χ1) is 8.91. The van der Waals surface area contributed by atoms with Crippen LogP contribution in [-0.2, 0) is 12.8 Å². The van der Waals surface area contributed by atoms with E-state index in [4.69, 9.17) is 5.11 Å². The number of halogens is 3. The van der Waals surface area contributed by atoms with Gasteiger partial charge >= 0.3 is 6.18 Å². The summed E-state index contributed by atoms with van der Waals surface area (Å²) in [5.41, 5.74) is 1.70. The van der Waals surface area contributed by atoms with Crippen LogP contribution in [-0.4, -0.2) is 10.1 Å². The Morgan fingerprint density at radius 2 is 1.79 bits per heavy atom. The van der Waals surface area contributed by atoms with Crippen LogP contribution in [0.15, 0.2) is 36.5 Å². The summed E-state index contributed by atoms with van der Waals surface area (Å²) in [7, 11) is 0. The van der Waals surface area contributed by atoms with Gasteiger partial charge in [0.05, 0.1) is 17.9 Å². The van der Waals surface area contributed by atoms with Crippen molar-refractivity contribution in [2.45, 2.75) is 19.7 Å². The van der Waals surface area contributed by atoms with Gasteiger partial charge in [-0.2, -0.15) is 13.2 Å². The molecule has 0 aliphatic heterocycles. The molecule has 0 unspecified atom stereocenters. The Kier molecular flexibility index (Phi) is 3.57. The van der Waals surface area contributed by atoms with Crippen LogP contribution in [0.2, 0.25) is 0 Å². The monoisotopic (exact) mass is 267 g/mol. The number of nitrogens with zero attached hydrogens (tertiary/aromatic N) is 1. The number of aliphatic hydroxyl groups is 1. The number of hydrogen-bond acceptors (Lipinski definition) is 2. The van der Waals surface area contributed by atoms with E-state index >= 15 is 0 Å². The maximum Gasteiger partial charge on any atom is 0.417 e. The van der Waals surface area contributed by atoms with E-state index in [9.17, 15) is 13.2 Å². The molecule has 5 heteroatoms. The largest absolute Gasteiger partial charge is 0.417 e. The summed E-state index contributed by atoms with van der Waals surface area (Å²) in [4.78, 5) is 3.89. The van der Waals surface area contributed by atoms with Crippen molar-refractivity contribution in [3.63, 3.8) is 0 Å². The zero-order chi connectivity index (χ0) is 14.0. The first kappa shape index (κ1) is 13.5. The van der Waals surface area contributed by atoms with Crippen molar-refractivity contribution < 1.29 is 18.3 Å². The lowest BCUT2D eigenvalue weighted by atomic mass is 10.0. The average molecular weight is 267 g/mol. The lowest BCUT2D eigenvalue weighted by molar-refractivity contribution is -0.137. The predicted molar refractivity (Wildman–Crippen MR) is 65.3 cm³/mol. The molecule has 0 bridgehead atoms. The molecule has 1 heterocycles. The van der Waals surface area contributed by atoms with Crippen LogP contribution in [0.1, 0.15) is 16.7 Å². The number of aliphatic hydroxyl groups excluding tert-OH is 1. The summed E-state index contributed by atoms with van der Waals surface area (Å²) in [5.74, 6) is 0. The number of benzene rings is 1. The molecule has 0 amide bonds. The molecule has 19 heavy (non-hydrogen) atoms.